The Hall–Kier alpha value is -0.610. The van der Waals surface area contributed by atoms with Gasteiger partial charge in [-0.1, -0.05) is 0 Å². The molecule has 0 aliphatic carbocycles. The molecule has 1 rings (SSSR count). The van der Waals surface area contributed by atoms with Crippen molar-refractivity contribution < 1.29 is 9.90 Å². The molecular weight excluding hydrogens is 216 g/mol. The molecule has 4 heteroatoms. The summed E-state index contributed by atoms with van der Waals surface area (Å²) in [4.78, 5) is 15.6. The molecule has 100 valence electrons. The topological polar surface area (TPSA) is 43.8 Å². The van der Waals surface area contributed by atoms with Gasteiger partial charge in [-0.3, -0.25) is 9.69 Å². The van der Waals surface area contributed by atoms with Crippen LogP contribution in [0.3, 0.4) is 0 Å². The molecule has 0 aromatic carbocycles. The Morgan fingerprint density at radius 3 is 2.35 bits per heavy atom. The number of likely N-dealkylation sites (N-methyl/N-ethyl adjacent to an activating group) is 1. The van der Waals surface area contributed by atoms with E-state index in [4.69, 9.17) is 5.11 Å². The maximum atomic E-state index is 11.0. The minimum absolute atomic E-state index is 0.00532. The van der Waals surface area contributed by atoms with Crippen molar-refractivity contribution in [3.8, 4) is 0 Å². The highest BCUT2D eigenvalue weighted by molar-refractivity contribution is 5.67. The fourth-order valence-corrected chi connectivity index (χ4v) is 3.55. The molecule has 0 amide bonds. The summed E-state index contributed by atoms with van der Waals surface area (Å²) in [5.41, 5.74) is -0.00373. The number of piperazine rings is 1. The van der Waals surface area contributed by atoms with E-state index >= 15 is 0 Å². The number of aliphatic carboxylic acids is 1. The van der Waals surface area contributed by atoms with Crippen LogP contribution in [0.25, 0.3) is 0 Å². The Labute approximate surface area is 105 Å². The monoisotopic (exact) mass is 242 g/mol. The minimum atomic E-state index is -0.713. The zero-order valence-corrected chi connectivity index (χ0v) is 11.9. The molecule has 4 nitrogen and oxygen atoms in total. The maximum absolute atomic E-state index is 11.0. The van der Waals surface area contributed by atoms with Crippen molar-refractivity contribution in [2.24, 2.45) is 0 Å². The quantitative estimate of drug-likeness (QED) is 0.799. The molecule has 0 bridgehead atoms. The van der Waals surface area contributed by atoms with Gasteiger partial charge in [0.05, 0.1) is 6.42 Å². The summed E-state index contributed by atoms with van der Waals surface area (Å²) in [6, 6.07) is 0.0845. The van der Waals surface area contributed by atoms with Crippen molar-refractivity contribution in [2.75, 3.05) is 20.1 Å². The molecular formula is C13H26N2O2. The van der Waals surface area contributed by atoms with Gasteiger partial charge in [0.15, 0.2) is 0 Å². The van der Waals surface area contributed by atoms with Crippen molar-refractivity contribution in [1.82, 2.24) is 9.80 Å². The van der Waals surface area contributed by atoms with Crippen molar-refractivity contribution in [3.05, 3.63) is 0 Å². The highest BCUT2D eigenvalue weighted by Gasteiger charge is 2.44. The van der Waals surface area contributed by atoms with E-state index in [0.717, 1.165) is 13.1 Å². The number of carboxylic acid groups (broad SMARTS) is 1. The Balaban J connectivity index is 3.01. The van der Waals surface area contributed by atoms with Gasteiger partial charge in [0, 0.05) is 30.2 Å². The van der Waals surface area contributed by atoms with Crippen LogP contribution in [-0.4, -0.2) is 58.1 Å². The van der Waals surface area contributed by atoms with Gasteiger partial charge in [0.25, 0.3) is 0 Å². The summed E-state index contributed by atoms with van der Waals surface area (Å²) in [6.45, 7) is 12.7. The molecule has 1 heterocycles. The lowest BCUT2D eigenvalue weighted by molar-refractivity contribution is -0.142. The van der Waals surface area contributed by atoms with Crippen LogP contribution < -0.4 is 0 Å². The lowest BCUT2D eigenvalue weighted by atomic mass is 9.87. The molecule has 1 fully saturated rings. The van der Waals surface area contributed by atoms with E-state index in [2.05, 4.69) is 51.5 Å². The average Bonchev–Trinajstić information content (AvgIpc) is 1.93. The molecule has 1 unspecified atom stereocenters. The van der Waals surface area contributed by atoms with Crippen molar-refractivity contribution in [1.29, 1.82) is 0 Å². The van der Waals surface area contributed by atoms with Crippen LogP contribution in [0.2, 0.25) is 0 Å². The normalized spacial score (nSPS) is 27.1. The van der Waals surface area contributed by atoms with Gasteiger partial charge < -0.3 is 10.0 Å². The second-order valence-electron chi connectivity index (χ2n) is 6.80. The van der Waals surface area contributed by atoms with E-state index in [9.17, 15) is 4.79 Å². The van der Waals surface area contributed by atoms with Gasteiger partial charge in [-0.25, -0.2) is 0 Å². The molecule has 0 radical (unpaired) electrons. The number of carbonyl (C=O) groups is 1. The third-order valence-corrected chi connectivity index (χ3v) is 3.33. The van der Waals surface area contributed by atoms with Crippen molar-refractivity contribution in [2.45, 2.75) is 58.2 Å². The lowest BCUT2D eigenvalue weighted by Crippen LogP contribution is -2.68. The number of rotatable bonds is 2. The highest BCUT2D eigenvalue weighted by atomic mass is 16.4. The fraction of sp³-hybridized carbons (Fsp3) is 0.923. The lowest BCUT2D eigenvalue weighted by Gasteiger charge is -2.56. The molecule has 1 aliphatic heterocycles. The largest absolute Gasteiger partial charge is 0.481 e. The second kappa shape index (κ2) is 4.58. The van der Waals surface area contributed by atoms with Gasteiger partial charge in [0.2, 0.25) is 0 Å². The molecule has 1 aliphatic rings. The molecule has 1 atom stereocenters. The number of hydrogen-bond acceptors (Lipinski definition) is 3. The van der Waals surface area contributed by atoms with Crippen LogP contribution in [0, 0.1) is 0 Å². The summed E-state index contributed by atoms with van der Waals surface area (Å²) in [5.74, 6) is -0.713. The Bertz CT molecular complexity index is 294. The first kappa shape index (κ1) is 14.5. The van der Waals surface area contributed by atoms with E-state index in [1.807, 2.05) is 0 Å². The molecule has 0 aromatic heterocycles. The zero-order chi connectivity index (χ0) is 13.4. The van der Waals surface area contributed by atoms with E-state index in [1.165, 1.54) is 0 Å². The number of carboxylic acids is 1. The highest BCUT2D eigenvalue weighted by Crippen LogP contribution is 2.33. The SMILES string of the molecule is CN1CC(CC(=O)O)N(C(C)(C)C)C(C)(C)C1. The summed E-state index contributed by atoms with van der Waals surface area (Å²) in [5, 5.41) is 9.06. The Kier molecular flexibility index (Phi) is 3.89. The van der Waals surface area contributed by atoms with Gasteiger partial charge in [0.1, 0.15) is 0 Å². The first-order valence-corrected chi connectivity index (χ1v) is 6.24. The fourth-order valence-electron chi connectivity index (χ4n) is 3.55. The summed E-state index contributed by atoms with van der Waals surface area (Å²) in [6.07, 6.45) is 0.213. The standard InChI is InChI=1S/C13H26N2O2/c1-12(2,3)15-10(7-11(16)17)8-14(6)9-13(15,4)5/h10H,7-9H2,1-6H3,(H,16,17). The zero-order valence-electron chi connectivity index (χ0n) is 11.9. The van der Waals surface area contributed by atoms with Crippen LogP contribution in [-0.2, 0) is 4.79 Å². The van der Waals surface area contributed by atoms with Gasteiger partial charge >= 0.3 is 5.97 Å². The maximum Gasteiger partial charge on any atom is 0.304 e. The first-order valence-electron chi connectivity index (χ1n) is 6.24. The van der Waals surface area contributed by atoms with Crippen LogP contribution in [0.4, 0.5) is 0 Å². The molecule has 0 saturated carbocycles. The van der Waals surface area contributed by atoms with Gasteiger partial charge in [-0.2, -0.15) is 0 Å². The van der Waals surface area contributed by atoms with E-state index in [0.29, 0.717) is 0 Å². The second-order valence-corrected chi connectivity index (χ2v) is 6.80. The van der Waals surface area contributed by atoms with Crippen LogP contribution >= 0.6 is 0 Å². The molecule has 17 heavy (non-hydrogen) atoms. The molecule has 1 N–H and O–H groups in total. The molecule has 1 saturated heterocycles. The number of nitrogens with zero attached hydrogens (tertiary/aromatic N) is 2. The summed E-state index contributed by atoms with van der Waals surface area (Å²) < 4.78 is 0. The van der Waals surface area contributed by atoms with Gasteiger partial charge in [-0.05, 0) is 41.7 Å². The van der Waals surface area contributed by atoms with E-state index < -0.39 is 5.97 Å². The van der Waals surface area contributed by atoms with Crippen LogP contribution in [0.5, 0.6) is 0 Å². The van der Waals surface area contributed by atoms with E-state index in [-0.39, 0.29) is 23.5 Å². The van der Waals surface area contributed by atoms with Crippen molar-refractivity contribution in [3.63, 3.8) is 0 Å². The first-order chi connectivity index (χ1) is 7.54. The Morgan fingerprint density at radius 2 is 1.94 bits per heavy atom. The Morgan fingerprint density at radius 1 is 1.41 bits per heavy atom. The van der Waals surface area contributed by atoms with E-state index in [1.54, 1.807) is 0 Å². The average molecular weight is 242 g/mol. The third-order valence-electron chi connectivity index (χ3n) is 3.33. The van der Waals surface area contributed by atoms with Crippen LogP contribution in [0.1, 0.15) is 41.0 Å². The summed E-state index contributed by atoms with van der Waals surface area (Å²) in [7, 11) is 2.07. The van der Waals surface area contributed by atoms with Crippen molar-refractivity contribution >= 4 is 5.97 Å². The predicted octanol–water partition coefficient (Wildman–Crippen LogP) is 1.65. The minimum Gasteiger partial charge on any atom is -0.481 e. The van der Waals surface area contributed by atoms with Crippen LogP contribution in [0.15, 0.2) is 0 Å². The predicted molar refractivity (Wildman–Crippen MR) is 69.2 cm³/mol. The number of hydrogen-bond donors (Lipinski definition) is 1. The van der Waals surface area contributed by atoms with Gasteiger partial charge in [-0.15, -0.1) is 0 Å². The third kappa shape index (κ3) is 3.42. The molecule has 0 aromatic rings. The smallest absolute Gasteiger partial charge is 0.304 e. The summed E-state index contributed by atoms with van der Waals surface area (Å²) >= 11 is 0. The molecule has 0 spiro atoms.